The van der Waals surface area contributed by atoms with Crippen LogP contribution in [0, 0.1) is 5.82 Å². The third-order valence-corrected chi connectivity index (χ3v) is 6.26. The summed E-state index contributed by atoms with van der Waals surface area (Å²) in [4.78, 5) is 16.6. The lowest BCUT2D eigenvalue weighted by atomic mass is 10.1. The molecular formula is C26H25FN8O3. The number of halogens is 1. The number of aromatic amines is 1. The third kappa shape index (κ3) is 5.26. The van der Waals surface area contributed by atoms with Gasteiger partial charge in [0.1, 0.15) is 24.3 Å². The predicted octanol–water partition coefficient (Wildman–Crippen LogP) is 3.62. The van der Waals surface area contributed by atoms with Crippen molar-refractivity contribution in [1.82, 2.24) is 30.1 Å². The second kappa shape index (κ2) is 10.4. The first-order valence-electron chi connectivity index (χ1n) is 12.2. The van der Waals surface area contributed by atoms with Gasteiger partial charge in [-0.2, -0.15) is 10.2 Å². The van der Waals surface area contributed by atoms with Gasteiger partial charge in [0, 0.05) is 29.7 Å². The summed E-state index contributed by atoms with van der Waals surface area (Å²) in [5.41, 5.74) is 4.71. The molecule has 1 aliphatic heterocycles. The van der Waals surface area contributed by atoms with Crippen molar-refractivity contribution in [3.8, 4) is 0 Å². The number of nitrogens with one attached hydrogen (secondary N) is 4. The molecule has 1 aliphatic rings. The maximum atomic E-state index is 13.2. The van der Waals surface area contributed by atoms with Crippen LogP contribution in [0.4, 0.5) is 26.4 Å². The number of fused-ring (bicyclic) bond motifs is 2. The topological polar surface area (TPSA) is 130 Å². The summed E-state index contributed by atoms with van der Waals surface area (Å²) < 4.78 is 25.5. The average molecular weight is 517 g/mol. The smallest absolute Gasteiger partial charge is 0.411 e. The molecule has 0 saturated carbocycles. The van der Waals surface area contributed by atoms with E-state index >= 15 is 0 Å². The fourth-order valence-corrected chi connectivity index (χ4v) is 4.37. The first-order valence-corrected chi connectivity index (χ1v) is 12.2. The van der Waals surface area contributed by atoms with Crippen LogP contribution in [0.5, 0.6) is 0 Å². The van der Waals surface area contributed by atoms with E-state index in [0.717, 1.165) is 34.4 Å². The Bertz CT molecular complexity index is 1580. The van der Waals surface area contributed by atoms with Gasteiger partial charge in [-0.25, -0.2) is 18.7 Å². The number of hydrogen-bond donors (Lipinski definition) is 4. The van der Waals surface area contributed by atoms with Gasteiger partial charge >= 0.3 is 6.09 Å². The lowest BCUT2D eigenvalue weighted by Crippen LogP contribution is -2.44. The van der Waals surface area contributed by atoms with Crippen LogP contribution in [0.2, 0.25) is 0 Å². The molecule has 6 rings (SSSR count). The molecule has 0 bridgehead atoms. The van der Waals surface area contributed by atoms with Crippen LogP contribution in [0.15, 0.2) is 61.1 Å². The second-order valence-corrected chi connectivity index (χ2v) is 8.98. The van der Waals surface area contributed by atoms with Crippen LogP contribution in [0.3, 0.4) is 0 Å². The average Bonchev–Trinajstić information content (AvgIpc) is 3.53. The number of morpholine rings is 1. The Morgan fingerprint density at radius 2 is 2.08 bits per heavy atom. The Kier molecular flexibility index (Phi) is 6.54. The number of rotatable bonds is 7. The van der Waals surface area contributed by atoms with E-state index in [1.807, 2.05) is 18.2 Å². The number of aromatic nitrogens is 5. The number of ether oxygens (including phenoxy) is 2. The Balaban J connectivity index is 1.14. The molecule has 12 heteroatoms. The Hall–Kier alpha value is -4.55. The normalized spacial score (nSPS) is 15.6. The highest BCUT2D eigenvalue weighted by Gasteiger charge is 2.16. The van der Waals surface area contributed by atoms with E-state index in [2.05, 4.69) is 36.2 Å². The van der Waals surface area contributed by atoms with Crippen molar-refractivity contribution in [3.63, 3.8) is 0 Å². The van der Waals surface area contributed by atoms with Crippen LogP contribution < -0.4 is 16.0 Å². The van der Waals surface area contributed by atoms with Crippen LogP contribution >= 0.6 is 0 Å². The van der Waals surface area contributed by atoms with Gasteiger partial charge in [-0.1, -0.05) is 12.1 Å². The van der Waals surface area contributed by atoms with Crippen molar-refractivity contribution in [1.29, 1.82) is 0 Å². The standard InChI is InChI=1S/C26H25FN8O3/c27-17-3-1-16(2-4-17)9-22-21-6-5-18(10-23(21)34-33-22)31-25-24-11-19(12-35(24)30-15-29-25)32-26(36)38-14-20-13-37-8-7-28-20/h1-6,10-12,15,20,28H,7-9,13-14H2,(H,32,36)(H,33,34)(H,29,30,31)/t20-/m0/s1. The summed E-state index contributed by atoms with van der Waals surface area (Å²) in [6, 6.07) is 14.0. The van der Waals surface area contributed by atoms with Crippen molar-refractivity contribution in [2.75, 3.05) is 37.0 Å². The Morgan fingerprint density at radius 1 is 1.18 bits per heavy atom. The fraction of sp³-hybridized carbons (Fsp3) is 0.231. The minimum absolute atomic E-state index is 0.0184. The molecule has 4 heterocycles. The fourth-order valence-electron chi connectivity index (χ4n) is 4.37. The largest absolute Gasteiger partial charge is 0.448 e. The van der Waals surface area contributed by atoms with E-state index in [4.69, 9.17) is 9.47 Å². The molecule has 5 aromatic rings. The summed E-state index contributed by atoms with van der Waals surface area (Å²) in [6.45, 7) is 2.12. The van der Waals surface area contributed by atoms with Crippen molar-refractivity contribution in [2.45, 2.75) is 12.5 Å². The van der Waals surface area contributed by atoms with Crippen molar-refractivity contribution < 1.29 is 18.7 Å². The van der Waals surface area contributed by atoms with Gasteiger partial charge in [-0.15, -0.1) is 0 Å². The van der Waals surface area contributed by atoms with Gasteiger partial charge in [-0.05, 0) is 42.0 Å². The molecule has 1 fully saturated rings. The maximum absolute atomic E-state index is 13.2. The van der Waals surface area contributed by atoms with E-state index in [1.54, 1.807) is 28.9 Å². The predicted molar refractivity (Wildman–Crippen MR) is 139 cm³/mol. The minimum atomic E-state index is -0.559. The van der Waals surface area contributed by atoms with Gasteiger partial charge in [0.25, 0.3) is 0 Å². The highest BCUT2D eigenvalue weighted by Crippen LogP contribution is 2.27. The minimum Gasteiger partial charge on any atom is -0.448 e. The number of carbonyl (C=O) groups excluding carboxylic acids is 1. The lowest BCUT2D eigenvalue weighted by molar-refractivity contribution is 0.0494. The summed E-state index contributed by atoms with van der Waals surface area (Å²) in [5.74, 6) is 0.303. The molecule has 3 aromatic heterocycles. The van der Waals surface area contributed by atoms with Crippen LogP contribution in [-0.2, 0) is 15.9 Å². The van der Waals surface area contributed by atoms with E-state index in [1.165, 1.54) is 18.5 Å². The number of benzene rings is 2. The highest BCUT2D eigenvalue weighted by atomic mass is 19.1. The van der Waals surface area contributed by atoms with Gasteiger partial charge in [0.15, 0.2) is 5.82 Å². The number of nitrogens with zero attached hydrogens (tertiary/aromatic N) is 4. The second-order valence-electron chi connectivity index (χ2n) is 8.98. The zero-order valence-electron chi connectivity index (χ0n) is 20.3. The molecular weight excluding hydrogens is 491 g/mol. The first-order chi connectivity index (χ1) is 18.6. The Morgan fingerprint density at radius 3 is 2.92 bits per heavy atom. The molecule has 0 aliphatic carbocycles. The van der Waals surface area contributed by atoms with Gasteiger partial charge in [-0.3, -0.25) is 10.4 Å². The molecule has 0 radical (unpaired) electrons. The van der Waals surface area contributed by atoms with Gasteiger partial charge < -0.3 is 20.1 Å². The molecule has 1 saturated heterocycles. The zero-order valence-corrected chi connectivity index (χ0v) is 20.3. The zero-order chi connectivity index (χ0) is 25.9. The van der Waals surface area contributed by atoms with Crippen LogP contribution in [0.25, 0.3) is 16.4 Å². The van der Waals surface area contributed by atoms with E-state index in [9.17, 15) is 9.18 Å². The summed E-state index contributed by atoms with van der Waals surface area (Å²) >= 11 is 0. The quantitative estimate of drug-likeness (QED) is 0.258. The van der Waals surface area contributed by atoms with Gasteiger partial charge in [0.05, 0.1) is 36.7 Å². The SMILES string of the molecule is O=C(Nc1cc2c(Nc3ccc4c(Cc5ccc(F)cc5)[nH]nc4c3)ncnn2c1)OC[C@@H]1COCCN1. The van der Waals surface area contributed by atoms with E-state index < -0.39 is 6.09 Å². The summed E-state index contributed by atoms with van der Waals surface area (Å²) in [7, 11) is 0. The number of carbonyl (C=O) groups is 1. The molecule has 2 aromatic carbocycles. The molecule has 1 amide bonds. The number of anilines is 3. The van der Waals surface area contributed by atoms with E-state index in [-0.39, 0.29) is 18.5 Å². The molecule has 11 nitrogen and oxygen atoms in total. The Labute approximate surface area is 216 Å². The van der Waals surface area contributed by atoms with E-state index in [0.29, 0.717) is 36.7 Å². The first kappa shape index (κ1) is 23.8. The molecule has 4 N–H and O–H groups in total. The number of amides is 1. The van der Waals surface area contributed by atoms with Gasteiger partial charge in [0.2, 0.25) is 0 Å². The molecule has 38 heavy (non-hydrogen) atoms. The van der Waals surface area contributed by atoms with Crippen LogP contribution in [-0.4, -0.2) is 63.3 Å². The van der Waals surface area contributed by atoms with Crippen molar-refractivity contribution >= 4 is 39.7 Å². The number of hydrogen-bond acceptors (Lipinski definition) is 8. The summed E-state index contributed by atoms with van der Waals surface area (Å²) in [5, 5.41) is 22.0. The number of H-pyrrole nitrogens is 1. The molecule has 194 valence electrons. The monoisotopic (exact) mass is 516 g/mol. The molecule has 0 unspecified atom stereocenters. The van der Waals surface area contributed by atoms with Crippen LogP contribution in [0.1, 0.15) is 11.3 Å². The third-order valence-electron chi connectivity index (χ3n) is 6.26. The highest BCUT2D eigenvalue weighted by molar-refractivity contribution is 5.89. The molecule has 0 spiro atoms. The molecule has 1 atom stereocenters. The van der Waals surface area contributed by atoms with Crippen molar-refractivity contribution in [3.05, 3.63) is 78.1 Å². The summed E-state index contributed by atoms with van der Waals surface area (Å²) in [6.07, 6.45) is 3.17. The maximum Gasteiger partial charge on any atom is 0.411 e. The lowest BCUT2D eigenvalue weighted by Gasteiger charge is -2.23. The van der Waals surface area contributed by atoms with Crippen molar-refractivity contribution in [2.24, 2.45) is 0 Å².